The minimum absolute atomic E-state index is 0.307. The summed E-state index contributed by atoms with van der Waals surface area (Å²) in [6.45, 7) is -1.66. The van der Waals surface area contributed by atoms with E-state index in [1.165, 1.54) is 0 Å². The van der Waals surface area contributed by atoms with Gasteiger partial charge in [-0.05, 0) is 0 Å². The van der Waals surface area contributed by atoms with Crippen LogP contribution in [0.15, 0.2) is 0 Å². The normalized spacial score (nSPS) is 54.8. The Morgan fingerprint density at radius 1 is 1.05 bits per heavy atom. The van der Waals surface area contributed by atoms with Crippen molar-refractivity contribution in [3.63, 3.8) is 0 Å². The molecule has 9 heteroatoms. The third-order valence-corrected chi connectivity index (χ3v) is 3.77. The molecule has 2 rings (SSSR count). The summed E-state index contributed by atoms with van der Waals surface area (Å²) in [6.07, 6.45) is -8.18. The number of rotatable bonds is 3. The quantitative estimate of drug-likeness (QED) is 0.271. The van der Waals surface area contributed by atoms with Gasteiger partial charge in [0, 0.05) is 6.42 Å². The summed E-state index contributed by atoms with van der Waals surface area (Å²) in [4.78, 5) is 0. The van der Waals surface area contributed by atoms with Crippen molar-refractivity contribution in [2.24, 2.45) is 0 Å². The predicted octanol–water partition coefficient (Wildman–Crippen LogP) is -4.38. The van der Waals surface area contributed by atoms with Crippen LogP contribution in [0.2, 0.25) is 0 Å². The van der Waals surface area contributed by atoms with Crippen molar-refractivity contribution in [2.45, 2.75) is 48.5 Å². The van der Waals surface area contributed by atoms with Gasteiger partial charge < -0.3 is 45.2 Å². The fraction of sp³-hybridized carbons (Fsp3) is 1.00. The molecule has 2 heterocycles. The van der Waals surface area contributed by atoms with E-state index in [0.29, 0.717) is 0 Å². The lowest BCUT2D eigenvalue weighted by Crippen LogP contribution is -2.67. The molecule has 0 aliphatic carbocycles. The summed E-state index contributed by atoms with van der Waals surface area (Å²) < 4.78 is 9.91. The maximum atomic E-state index is 10.4. The molecule has 0 saturated carbocycles. The summed E-state index contributed by atoms with van der Waals surface area (Å²) in [7, 11) is 0. The van der Waals surface area contributed by atoms with E-state index in [1.807, 2.05) is 0 Å². The maximum Gasteiger partial charge on any atom is 0.230 e. The third-order valence-electron chi connectivity index (χ3n) is 3.77. The second-order valence-corrected chi connectivity index (χ2v) is 4.84. The van der Waals surface area contributed by atoms with Crippen molar-refractivity contribution in [3.05, 3.63) is 0 Å². The maximum absolute atomic E-state index is 10.4. The topological polar surface area (TPSA) is 160 Å². The van der Waals surface area contributed by atoms with Crippen LogP contribution in [0.3, 0.4) is 0 Å². The van der Waals surface area contributed by atoms with Gasteiger partial charge in [0.15, 0.2) is 11.9 Å². The zero-order chi connectivity index (χ0) is 14.4. The number of ether oxygens (including phenoxy) is 2. The fourth-order valence-electron chi connectivity index (χ4n) is 2.63. The Kier molecular flexibility index (Phi) is 3.86. The van der Waals surface area contributed by atoms with Crippen molar-refractivity contribution in [1.82, 2.24) is 0 Å². The highest BCUT2D eigenvalue weighted by atomic mass is 16.7. The second kappa shape index (κ2) is 4.88. The zero-order valence-corrected chi connectivity index (χ0v) is 9.96. The molecule has 2 saturated heterocycles. The Hall–Kier alpha value is -0.360. The van der Waals surface area contributed by atoms with Gasteiger partial charge in [-0.2, -0.15) is 0 Å². The van der Waals surface area contributed by atoms with E-state index in [4.69, 9.17) is 14.6 Å². The molecule has 7 atom stereocenters. The first kappa shape index (κ1) is 15.0. The number of aliphatic hydroxyl groups is 7. The van der Waals surface area contributed by atoms with Gasteiger partial charge in [-0.3, -0.25) is 0 Å². The van der Waals surface area contributed by atoms with Gasteiger partial charge in [-0.15, -0.1) is 0 Å². The van der Waals surface area contributed by atoms with Gasteiger partial charge in [0.2, 0.25) is 5.79 Å². The van der Waals surface area contributed by atoms with Crippen molar-refractivity contribution < 1.29 is 45.2 Å². The Morgan fingerprint density at radius 3 is 2.05 bits per heavy atom. The molecule has 0 bridgehead atoms. The molecule has 7 N–H and O–H groups in total. The molecule has 0 radical (unpaired) electrons. The molecule has 19 heavy (non-hydrogen) atoms. The van der Waals surface area contributed by atoms with Crippen LogP contribution in [0, 0.1) is 0 Å². The van der Waals surface area contributed by atoms with Crippen LogP contribution in [-0.2, 0) is 9.47 Å². The lowest BCUT2D eigenvalue weighted by Gasteiger charge is -2.43. The molecule has 112 valence electrons. The van der Waals surface area contributed by atoms with E-state index in [2.05, 4.69) is 0 Å². The van der Waals surface area contributed by atoms with Gasteiger partial charge in [0.05, 0.1) is 19.3 Å². The third kappa shape index (κ3) is 1.90. The van der Waals surface area contributed by atoms with Crippen molar-refractivity contribution in [2.75, 3.05) is 13.2 Å². The minimum atomic E-state index is -2.66. The SMILES string of the molecule is OC[C@H]1O[C@](O)([C@]2(CO)O[C@H](O)C[C@@H]2O)[C@H](O)[C@@H]1O. The summed E-state index contributed by atoms with van der Waals surface area (Å²) in [5, 5.41) is 67.5. The lowest BCUT2D eigenvalue weighted by atomic mass is 9.84. The molecule has 2 aliphatic rings. The van der Waals surface area contributed by atoms with Crippen molar-refractivity contribution in [3.8, 4) is 0 Å². The average Bonchev–Trinajstić information content (AvgIpc) is 2.80. The molecular weight excluding hydrogens is 264 g/mol. The monoisotopic (exact) mass is 282 g/mol. The van der Waals surface area contributed by atoms with Gasteiger partial charge in [0.1, 0.15) is 18.3 Å². The molecule has 9 nitrogen and oxygen atoms in total. The molecule has 0 spiro atoms. The van der Waals surface area contributed by atoms with Gasteiger partial charge in [-0.25, -0.2) is 0 Å². The summed E-state index contributed by atoms with van der Waals surface area (Å²) >= 11 is 0. The molecular formula is C10H18O9. The van der Waals surface area contributed by atoms with Crippen molar-refractivity contribution >= 4 is 0 Å². The first-order chi connectivity index (χ1) is 8.82. The van der Waals surface area contributed by atoms with Gasteiger partial charge >= 0.3 is 0 Å². The van der Waals surface area contributed by atoms with E-state index in [9.17, 15) is 30.6 Å². The summed E-state index contributed by atoms with van der Waals surface area (Å²) in [6, 6.07) is 0. The highest BCUT2D eigenvalue weighted by molar-refractivity contribution is 5.12. The lowest BCUT2D eigenvalue weighted by molar-refractivity contribution is -0.353. The van der Waals surface area contributed by atoms with E-state index in [0.717, 1.165) is 0 Å². The highest BCUT2D eigenvalue weighted by Crippen LogP contribution is 2.45. The van der Waals surface area contributed by atoms with E-state index < -0.39 is 55.3 Å². The molecule has 2 aliphatic heterocycles. The Bertz CT molecular complexity index is 339. The van der Waals surface area contributed by atoms with Crippen molar-refractivity contribution in [1.29, 1.82) is 0 Å². The standard InChI is InChI=1S/C10H18O9/c11-2-4-7(15)8(16)10(17,18-4)9(3-12)5(13)1-6(14)19-9/h4-8,11-17H,1-3H2/t4-,5+,6+,7-,8-,9-,10+/m1/s1. The Balaban J connectivity index is 2.37. The van der Waals surface area contributed by atoms with E-state index in [1.54, 1.807) is 0 Å². The largest absolute Gasteiger partial charge is 0.394 e. The minimum Gasteiger partial charge on any atom is -0.394 e. The van der Waals surface area contributed by atoms with Crippen LogP contribution in [0.4, 0.5) is 0 Å². The summed E-state index contributed by atoms with van der Waals surface area (Å²) in [5.41, 5.74) is -2.21. The number of hydrogen-bond acceptors (Lipinski definition) is 9. The predicted molar refractivity (Wildman–Crippen MR) is 56.5 cm³/mol. The molecule has 0 unspecified atom stereocenters. The zero-order valence-electron chi connectivity index (χ0n) is 9.96. The molecule has 0 aromatic heterocycles. The first-order valence-corrected chi connectivity index (χ1v) is 5.84. The fourth-order valence-corrected chi connectivity index (χ4v) is 2.63. The first-order valence-electron chi connectivity index (χ1n) is 5.84. The Morgan fingerprint density at radius 2 is 1.68 bits per heavy atom. The van der Waals surface area contributed by atoms with Crippen LogP contribution >= 0.6 is 0 Å². The molecule has 0 amide bonds. The van der Waals surface area contributed by atoms with Crippen LogP contribution in [-0.4, -0.2) is 91.1 Å². The highest BCUT2D eigenvalue weighted by Gasteiger charge is 2.70. The number of hydrogen-bond donors (Lipinski definition) is 7. The molecule has 0 aromatic rings. The van der Waals surface area contributed by atoms with Crippen LogP contribution in [0.1, 0.15) is 6.42 Å². The van der Waals surface area contributed by atoms with Gasteiger partial charge in [0.25, 0.3) is 0 Å². The van der Waals surface area contributed by atoms with E-state index >= 15 is 0 Å². The van der Waals surface area contributed by atoms with Crippen LogP contribution < -0.4 is 0 Å². The average molecular weight is 282 g/mol. The smallest absolute Gasteiger partial charge is 0.230 e. The second-order valence-electron chi connectivity index (χ2n) is 4.84. The molecule has 2 fully saturated rings. The number of aliphatic hydroxyl groups excluding tert-OH is 6. The van der Waals surface area contributed by atoms with Gasteiger partial charge in [-0.1, -0.05) is 0 Å². The van der Waals surface area contributed by atoms with E-state index in [-0.39, 0.29) is 6.42 Å². The van der Waals surface area contributed by atoms with Crippen LogP contribution in [0.5, 0.6) is 0 Å². The summed E-state index contributed by atoms with van der Waals surface area (Å²) in [5.74, 6) is -2.66. The molecule has 0 aromatic carbocycles. The Labute approximate surface area is 108 Å². The van der Waals surface area contributed by atoms with Crippen LogP contribution in [0.25, 0.3) is 0 Å².